The third-order valence-electron chi connectivity index (χ3n) is 1.85. The summed E-state index contributed by atoms with van der Waals surface area (Å²) in [4.78, 5) is 23.0. The van der Waals surface area contributed by atoms with Crippen molar-refractivity contribution in [1.29, 1.82) is 0 Å². The smallest absolute Gasteiger partial charge is 0.316 e. The Bertz CT molecular complexity index is 242. The Labute approximate surface area is 78.3 Å². The second-order valence-electron chi connectivity index (χ2n) is 2.93. The predicted molar refractivity (Wildman–Crippen MR) is 40.7 cm³/mol. The molecule has 7 heteroatoms. The summed E-state index contributed by atoms with van der Waals surface area (Å²) in [6, 6.07) is -0.727. The van der Waals surface area contributed by atoms with Crippen LogP contribution in [0, 0.1) is 0 Å². The van der Waals surface area contributed by atoms with Gasteiger partial charge in [0, 0.05) is 13.1 Å². The molecule has 0 radical (unpaired) electrons. The molecule has 4 nitrogen and oxygen atoms in total. The minimum atomic E-state index is -4.38. The van der Waals surface area contributed by atoms with Crippen LogP contribution in [0.1, 0.15) is 0 Å². The molecular weight excluding hydrogens is 201 g/mol. The molecule has 0 spiro atoms. The van der Waals surface area contributed by atoms with Crippen molar-refractivity contribution in [2.75, 3.05) is 26.2 Å². The van der Waals surface area contributed by atoms with Gasteiger partial charge in [0.25, 0.3) is 0 Å². The van der Waals surface area contributed by atoms with Crippen molar-refractivity contribution >= 4 is 12.3 Å². The average molecular weight is 210 g/mol. The molecule has 2 amide bonds. The second-order valence-corrected chi connectivity index (χ2v) is 2.93. The number of rotatable bonds is 3. The highest BCUT2D eigenvalue weighted by Gasteiger charge is 2.37. The fourth-order valence-corrected chi connectivity index (χ4v) is 1.26. The van der Waals surface area contributed by atoms with Gasteiger partial charge in [0.15, 0.2) is 0 Å². The van der Waals surface area contributed by atoms with Crippen molar-refractivity contribution in [3.05, 3.63) is 0 Å². The molecule has 0 aromatic carbocycles. The van der Waals surface area contributed by atoms with E-state index in [9.17, 15) is 22.8 Å². The monoisotopic (exact) mass is 210 g/mol. The fourth-order valence-electron chi connectivity index (χ4n) is 1.26. The molecule has 14 heavy (non-hydrogen) atoms. The molecular formula is C7H9F3N2O2. The maximum atomic E-state index is 11.9. The molecule has 0 aromatic rings. The molecule has 0 N–H and O–H groups in total. The summed E-state index contributed by atoms with van der Waals surface area (Å²) in [6.07, 6.45) is -3.89. The zero-order valence-electron chi connectivity index (χ0n) is 7.25. The van der Waals surface area contributed by atoms with Gasteiger partial charge < -0.3 is 14.6 Å². The van der Waals surface area contributed by atoms with Gasteiger partial charge in [0.1, 0.15) is 12.8 Å². The quantitative estimate of drug-likeness (QED) is 0.636. The zero-order chi connectivity index (χ0) is 10.8. The van der Waals surface area contributed by atoms with Crippen LogP contribution < -0.4 is 0 Å². The average Bonchev–Trinajstić information content (AvgIpc) is 2.34. The normalized spacial score (nSPS) is 17.8. The SMILES string of the molecule is O=CCN1CCN(CC(F)(F)F)C1=O. The van der Waals surface area contributed by atoms with Crippen LogP contribution in [-0.4, -0.2) is 54.5 Å². The topological polar surface area (TPSA) is 40.6 Å². The minimum Gasteiger partial charge on any atom is -0.316 e. The lowest BCUT2D eigenvalue weighted by Gasteiger charge is -2.18. The Morgan fingerprint density at radius 3 is 2.36 bits per heavy atom. The second kappa shape index (κ2) is 3.85. The van der Waals surface area contributed by atoms with Gasteiger partial charge in [0.05, 0.1) is 6.54 Å². The van der Waals surface area contributed by atoms with E-state index in [0.717, 1.165) is 4.90 Å². The van der Waals surface area contributed by atoms with E-state index >= 15 is 0 Å². The van der Waals surface area contributed by atoms with Gasteiger partial charge in [-0.15, -0.1) is 0 Å². The molecule has 0 aliphatic carbocycles. The van der Waals surface area contributed by atoms with E-state index in [2.05, 4.69) is 0 Å². The van der Waals surface area contributed by atoms with E-state index in [4.69, 9.17) is 0 Å². The molecule has 1 fully saturated rings. The van der Waals surface area contributed by atoms with Gasteiger partial charge in [-0.25, -0.2) is 4.79 Å². The summed E-state index contributed by atoms with van der Waals surface area (Å²) in [5.41, 5.74) is 0. The predicted octanol–water partition coefficient (Wildman–Crippen LogP) is 0.485. The van der Waals surface area contributed by atoms with Crippen LogP contribution in [0.25, 0.3) is 0 Å². The lowest BCUT2D eigenvalue weighted by Crippen LogP contribution is -2.38. The lowest BCUT2D eigenvalue weighted by atomic mass is 10.5. The fraction of sp³-hybridized carbons (Fsp3) is 0.714. The summed E-state index contributed by atoms with van der Waals surface area (Å²) in [7, 11) is 0. The van der Waals surface area contributed by atoms with Gasteiger partial charge in [-0.2, -0.15) is 13.2 Å². The maximum Gasteiger partial charge on any atom is 0.406 e. The number of carbonyl (C=O) groups excluding carboxylic acids is 2. The Kier molecular flexibility index (Phi) is 2.97. The van der Waals surface area contributed by atoms with Crippen LogP contribution in [-0.2, 0) is 4.79 Å². The van der Waals surface area contributed by atoms with E-state index < -0.39 is 18.8 Å². The Balaban J connectivity index is 2.51. The molecule has 1 heterocycles. The number of hydrogen-bond donors (Lipinski definition) is 0. The Morgan fingerprint density at radius 2 is 1.86 bits per heavy atom. The molecule has 0 unspecified atom stereocenters. The molecule has 0 aromatic heterocycles. The number of nitrogens with zero attached hydrogens (tertiary/aromatic N) is 2. The van der Waals surface area contributed by atoms with Crippen molar-refractivity contribution in [2.45, 2.75) is 6.18 Å². The van der Waals surface area contributed by atoms with E-state index in [1.165, 1.54) is 0 Å². The van der Waals surface area contributed by atoms with Crippen LogP contribution in [0.2, 0.25) is 0 Å². The van der Waals surface area contributed by atoms with Crippen LogP contribution in [0.4, 0.5) is 18.0 Å². The number of alkyl halides is 3. The molecule has 1 aliphatic heterocycles. The van der Waals surface area contributed by atoms with Gasteiger partial charge >= 0.3 is 12.2 Å². The lowest BCUT2D eigenvalue weighted by molar-refractivity contribution is -0.138. The molecule has 80 valence electrons. The van der Waals surface area contributed by atoms with Gasteiger partial charge in [0.2, 0.25) is 0 Å². The maximum absolute atomic E-state index is 11.9. The summed E-state index contributed by atoms with van der Waals surface area (Å²) in [6.45, 7) is -1.20. The molecule has 1 saturated heterocycles. The number of carbonyl (C=O) groups is 2. The number of halogens is 3. The van der Waals surface area contributed by atoms with Crippen molar-refractivity contribution in [3.8, 4) is 0 Å². The van der Waals surface area contributed by atoms with E-state index in [-0.39, 0.29) is 19.6 Å². The van der Waals surface area contributed by atoms with E-state index in [1.54, 1.807) is 0 Å². The first-order valence-corrected chi connectivity index (χ1v) is 3.98. The first-order valence-electron chi connectivity index (χ1n) is 3.98. The van der Waals surface area contributed by atoms with Crippen molar-refractivity contribution < 1.29 is 22.8 Å². The highest BCUT2D eigenvalue weighted by molar-refractivity contribution is 5.78. The molecule has 0 bridgehead atoms. The number of hydrogen-bond acceptors (Lipinski definition) is 2. The summed E-state index contributed by atoms with van der Waals surface area (Å²) >= 11 is 0. The van der Waals surface area contributed by atoms with Crippen molar-refractivity contribution in [2.24, 2.45) is 0 Å². The van der Waals surface area contributed by atoms with Crippen LogP contribution >= 0.6 is 0 Å². The highest BCUT2D eigenvalue weighted by Crippen LogP contribution is 2.19. The Morgan fingerprint density at radius 1 is 1.29 bits per heavy atom. The van der Waals surface area contributed by atoms with Gasteiger partial charge in [-0.1, -0.05) is 0 Å². The number of urea groups is 1. The molecule has 1 rings (SSSR count). The zero-order valence-corrected chi connectivity index (χ0v) is 7.25. The van der Waals surface area contributed by atoms with Crippen LogP contribution in [0.15, 0.2) is 0 Å². The number of amides is 2. The van der Waals surface area contributed by atoms with Gasteiger partial charge in [-0.3, -0.25) is 0 Å². The third kappa shape index (κ3) is 2.61. The van der Waals surface area contributed by atoms with Crippen molar-refractivity contribution in [3.63, 3.8) is 0 Å². The Hall–Kier alpha value is -1.27. The molecule has 1 aliphatic rings. The van der Waals surface area contributed by atoms with Crippen molar-refractivity contribution in [1.82, 2.24) is 9.80 Å². The summed E-state index contributed by atoms with van der Waals surface area (Å²) in [5.74, 6) is 0. The molecule has 0 atom stereocenters. The van der Waals surface area contributed by atoms with Crippen LogP contribution in [0.5, 0.6) is 0 Å². The highest BCUT2D eigenvalue weighted by atomic mass is 19.4. The first-order chi connectivity index (χ1) is 6.44. The largest absolute Gasteiger partial charge is 0.406 e. The summed E-state index contributed by atoms with van der Waals surface area (Å²) < 4.78 is 35.7. The summed E-state index contributed by atoms with van der Waals surface area (Å²) in [5, 5.41) is 0. The van der Waals surface area contributed by atoms with E-state index in [0.29, 0.717) is 11.2 Å². The van der Waals surface area contributed by atoms with Crippen LogP contribution in [0.3, 0.4) is 0 Å². The number of aldehydes is 1. The third-order valence-corrected chi connectivity index (χ3v) is 1.85. The minimum absolute atomic E-state index is 0.0200. The van der Waals surface area contributed by atoms with Gasteiger partial charge in [-0.05, 0) is 0 Å². The van der Waals surface area contributed by atoms with E-state index in [1.807, 2.05) is 0 Å². The standard InChI is InChI=1S/C7H9F3N2O2/c8-7(9,10)5-12-2-1-11(3-4-13)6(12)14/h4H,1-3,5H2. The first kappa shape index (κ1) is 10.8. The molecule has 0 saturated carbocycles.